The minimum absolute atomic E-state index is 0.133. The van der Waals surface area contributed by atoms with Crippen LogP contribution in [0, 0.1) is 5.95 Å². The van der Waals surface area contributed by atoms with E-state index in [4.69, 9.17) is 19.2 Å². The molecule has 0 spiro atoms. The van der Waals surface area contributed by atoms with Crippen molar-refractivity contribution in [3.8, 4) is 22.4 Å². The molecule has 43 heavy (non-hydrogen) atoms. The number of carbonyl (C=O) groups is 1. The van der Waals surface area contributed by atoms with Gasteiger partial charge in [0.25, 0.3) is 0 Å². The number of aromatic nitrogens is 6. The maximum atomic E-state index is 15.3. The minimum atomic E-state index is -0.611. The number of aryl methyl sites for hydroxylation is 2. The number of rotatable bonds is 2. The highest BCUT2D eigenvalue weighted by atomic mass is 19.1. The molecule has 1 aliphatic carbocycles. The minimum Gasteiger partial charge on any atom is -0.453 e. The molecule has 3 aliphatic heterocycles. The van der Waals surface area contributed by atoms with Gasteiger partial charge in [-0.25, -0.2) is 14.6 Å². The van der Waals surface area contributed by atoms with Gasteiger partial charge in [0.05, 0.1) is 65.8 Å². The number of amides is 1. The molecule has 12 nitrogen and oxygen atoms in total. The van der Waals surface area contributed by atoms with E-state index in [2.05, 4.69) is 27.5 Å². The number of carbonyl (C=O) groups excluding carboxylic acids is 1. The number of alkyl carbamates (subject to hydrolysis) is 1. The second-order valence-electron chi connectivity index (χ2n) is 11.6. The number of imidazole rings is 1. The van der Waals surface area contributed by atoms with Crippen molar-refractivity contribution in [3.63, 3.8) is 0 Å². The van der Waals surface area contributed by atoms with Crippen molar-refractivity contribution < 1.29 is 23.4 Å². The third kappa shape index (κ3) is 3.87. The van der Waals surface area contributed by atoms with Gasteiger partial charge >= 0.3 is 11.8 Å². The van der Waals surface area contributed by atoms with E-state index >= 15 is 4.39 Å². The topological polar surface area (TPSA) is 130 Å². The van der Waals surface area contributed by atoms with Crippen LogP contribution in [0.1, 0.15) is 42.5 Å². The zero-order chi connectivity index (χ0) is 29.6. The van der Waals surface area contributed by atoms with Crippen molar-refractivity contribution >= 4 is 28.2 Å². The Hall–Kier alpha value is -4.49. The number of halogens is 1. The van der Waals surface area contributed by atoms with Crippen LogP contribution in [0.3, 0.4) is 0 Å². The molecule has 1 fully saturated rings. The van der Waals surface area contributed by atoms with Gasteiger partial charge in [0.1, 0.15) is 5.65 Å². The van der Waals surface area contributed by atoms with E-state index in [1.54, 1.807) is 35.6 Å². The number of ether oxygens (including phenoxy) is 3. The van der Waals surface area contributed by atoms with Gasteiger partial charge in [0.15, 0.2) is 0 Å². The fourth-order valence-electron chi connectivity index (χ4n) is 7.21. The van der Waals surface area contributed by atoms with E-state index in [1.807, 2.05) is 6.07 Å². The number of hydrogen-bond acceptors (Lipinski definition) is 7. The normalized spacial score (nSPS) is 22.9. The molecular formula is C30H30FN7O5. The first-order chi connectivity index (χ1) is 20.8. The number of hydrogen-bond donors (Lipinski definition) is 2. The maximum absolute atomic E-state index is 15.3. The molecule has 1 aromatic carbocycles. The van der Waals surface area contributed by atoms with Crippen molar-refractivity contribution in [1.29, 1.82) is 0 Å². The first kappa shape index (κ1) is 26.2. The number of benzene rings is 1. The summed E-state index contributed by atoms with van der Waals surface area (Å²) in [5.74, 6) is -0.611. The number of fused-ring (bicyclic) bond motifs is 3. The van der Waals surface area contributed by atoms with Crippen LogP contribution < -0.4 is 11.0 Å². The molecule has 1 amide bonds. The Morgan fingerprint density at radius 2 is 2.09 bits per heavy atom. The Bertz CT molecular complexity index is 2010. The van der Waals surface area contributed by atoms with Crippen LogP contribution in [0.4, 0.5) is 9.18 Å². The largest absolute Gasteiger partial charge is 0.453 e. The predicted molar refractivity (Wildman–Crippen MR) is 154 cm³/mol. The molecule has 2 N–H and O–H groups in total. The summed E-state index contributed by atoms with van der Waals surface area (Å²) in [5.41, 5.74) is 6.20. The van der Waals surface area contributed by atoms with E-state index in [-0.39, 0.29) is 30.0 Å². The van der Waals surface area contributed by atoms with Gasteiger partial charge in [-0.1, -0.05) is 12.1 Å². The molecule has 0 saturated heterocycles. The molecule has 6 bridgehead atoms. The smallest absolute Gasteiger partial charge is 0.407 e. The van der Waals surface area contributed by atoms with Gasteiger partial charge in [-0.05, 0) is 35.6 Å². The lowest BCUT2D eigenvalue weighted by atomic mass is 9.94. The van der Waals surface area contributed by atoms with E-state index < -0.39 is 12.0 Å². The second-order valence-corrected chi connectivity index (χ2v) is 11.6. The number of H-pyrrole nitrogens is 1. The van der Waals surface area contributed by atoms with Crippen LogP contribution in [0.2, 0.25) is 0 Å². The highest BCUT2D eigenvalue weighted by Gasteiger charge is 2.40. The molecule has 0 radical (unpaired) electrons. The monoisotopic (exact) mass is 587 g/mol. The van der Waals surface area contributed by atoms with Crippen LogP contribution in [0.15, 0.2) is 35.4 Å². The van der Waals surface area contributed by atoms with Gasteiger partial charge in [-0.3, -0.25) is 13.8 Å². The fraction of sp³-hybridized carbons (Fsp3) is 0.400. The SMILES string of the molecule is COC(=O)N[C@H]1C[C@H]2C[C@H]1OCCC1OCc3cc(ccc31)-c1c(-c3cn(C)nc3F)[nH]c3ncc4c(c13)n2c(=O)n4C. The van der Waals surface area contributed by atoms with Gasteiger partial charge in [-0.15, -0.1) is 5.10 Å². The Morgan fingerprint density at radius 1 is 1.23 bits per heavy atom. The molecule has 1 unspecified atom stereocenters. The van der Waals surface area contributed by atoms with Crippen LogP contribution in [0.25, 0.3) is 44.5 Å². The molecule has 4 aromatic heterocycles. The Kier molecular flexibility index (Phi) is 5.79. The van der Waals surface area contributed by atoms with Crippen molar-refractivity contribution in [2.45, 2.75) is 50.2 Å². The zero-order valence-corrected chi connectivity index (χ0v) is 23.9. The average Bonchev–Trinajstić information content (AvgIpc) is 3.79. The molecule has 4 atom stereocenters. The lowest BCUT2D eigenvalue weighted by Crippen LogP contribution is -2.41. The Balaban J connectivity index is 1.45. The van der Waals surface area contributed by atoms with Crippen LogP contribution in [0.5, 0.6) is 0 Å². The summed E-state index contributed by atoms with van der Waals surface area (Å²) >= 11 is 0. The molecule has 9 rings (SSSR count). The molecule has 222 valence electrons. The summed E-state index contributed by atoms with van der Waals surface area (Å²) in [6.45, 7) is 0.861. The highest BCUT2D eigenvalue weighted by molar-refractivity contribution is 6.14. The van der Waals surface area contributed by atoms with Crippen molar-refractivity contribution in [2.24, 2.45) is 14.1 Å². The summed E-state index contributed by atoms with van der Waals surface area (Å²) < 4.78 is 37.5. The number of methoxy groups -OCH3 is 1. The number of aromatic amines is 1. The summed E-state index contributed by atoms with van der Waals surface area (Å²) in [6, 6.07) is 5.51. The number of pyridine rings is 1. The summed E-state index contributed by atoms with van der Waals surface area (Å²) in [7, 11) is 4.72. The lowest BCUT2D eigenvalue weighted by Gasteiger charge is -2.21. The van der Waals surface area contributed by atoms with Crippen LogP contribution >= 0.6 is 0 Å². The Morgan fingerprint density at radius 3 is 2.88 bits per heavy atom. The maximum Gasteiger partial charge on any atom is 0.407 e. The summed E-state index contributed by atoms with van der Waals surface area (Å²) in [4.78, 5) is 34.3. The molecule has 1 saturated carbocycles. The first-order valence-corrected chi connectivity index (χ1v) is 14.3. The third-order valence-electron chi connectivity index (χ3n) is 9.19. The van der Waals surface area contributed by atoms with Crippen molar-refractivity contribution in [1.82, 2.24) is 34.2 Å². The fourth-order valence-corrected chi connectivity index (χ4v) is 7.21. The first-order valence-electron chi connectivity index (χ1n) is 14.3. The standard InChI is InChI=1S/C30H30FN7O5/c1-36-12-18(27(31)35-36)25-23-14-4-5-17-15(8-14)13-43-21(17)6-7-42-22-10-16(9-19(22)33-29(39)41-3)38-26-20(37(2)30(38)40)11-32-28(34-25)24(23)26/h4-5,8,11-12,16,19,21-22H,6-7,9-10,13H2,1-3H3,(H,32,34)(H,33,39)/t16-,19-,21?,22+/m0/s1. The van der Waals surface area contributed by atoms with E-state index in [9.17, 15) is 9.59 Å². The number of nitrogens with zero attached hydrogens (tertiary/aromatic N) is 5. The zero-order valence-electron chi connectivity index (χ0n) is 23.9. The average molecular weight is 588 g/mol. The molecule has 13 heteroatoms. The molecule has 7 heterocycles. The summed E-state index contributed by atoms with van der Waals surface area (Å²) in [5, 5.41) is 7.59. The van der Waals surface area contributed by atoms with E-state index in [1.165, 1.54) is 11.8 Å². The van der Waals surface area contributed by atoms with Gasteiger partial charge in [0.2, 0.25) is 5.95 Å². The van der Waals surface area contributed by atoms with E-state index in [0.717, 1.165) is 22.3 Å². The quantitative estimate of drug-likeness (QED) is 0.321. The Labute approximate surface area is 244 Å². The van der Waals surface area contributed by atoms with Crippen molar-refractivity contribution in [2.75, 3.05) is 13.7 Å². The van der Waals surface area contributed by atoms with Gasteiger partial charge in [-0.2, -0.15) is 4.39 Å². The molecule has 5 aromatic rings. The highest BCUT2D eigenvalue weighted by Crippen LogP contribution is 2.45. The summed E-state index contributed by atoms with van der Waals surface area (Å²) in [6.07, 6.45) is 3.88. The lowest BCUT2D eigenvalue weighted by molar-refractivity contribution is -0.00274. The van der Waals surface area contributed by atoms with Crippen molar-refractivity contribution in [3.05, 3.63) is 58.2 Å². The van der Waals surface area contributed by atoms with Gasteiger partial charge in [0, 0.05) is 44.9 Å². The second kappa shape index (κ2) is 9.51. The van der Waals surface area contributed by atoms with E-state index in [0.29, 0.717) is 65.8 Å². The predicted octanol–water partition coefficient (Wildman–Crippen LogP) is 3.84. The van der Waals surface area contributed by atoms with Crippen LogP contribution in [-0.4, -0.2) is 60.8 Å². The molecular weight excluding hydrogens is 557 g/mol. The number of nitrogens with one attached hydrogen (secondary N) is 2. The molecule has 4 aliphatic rings. The van der Waals surface area contributed by atoms with Crippen LogP contribution in [-0.2, 0) is 34.9 Å². The third-order valence-corrected chi connectivity index (χ3v) is 9.19. The van der Waals surface area contributed by atoms with Gasteiger partial charge < -0.3 is 24.5 Å².